The highest BCUT2D eigenvalue weighted by Gasteiger charge is 2.09. The van der Waals surface area contributed by atoms with E-state index < -0.39 is 0 Å². The van der Waals surface area contributed by atoms with Crippen molar-refractivity contribution in [3.63, 3.8) is 0 Å². The molecule has 3 heterocycles. The predicted octanol–water partition coefficient (Wildman–Crippen LogP) is 2.84. The first-order valence-electron chi connectivity index (χ1n) is 6.26. The van der Waals surface area contributed by atoms with E-state index in [-0.39, 0.29) is 0 Å². The molecular formula is C12H14N6S2. The Morgan fingerprint density at radius 1 is 1.35 bits per heavy atom. The Kier molecular flexibility index (Phi) is 3.83. The second-order valence-corrected chi connectivity index (χ2v) is 5.99. The SMILES string of the molecule is CCNc1nc(CSc2n[nH]c(C)n2)nc2sccc12. The Bertz CT molecular complexity index is 720. The average Bonchev–Trinajstić information content (AvgIpc) is 3.05. The highest BCUT2D eigenvalue weighted by molar-refractivity contribution is 7.98. The Morgan fingerprint density at radius 2 is 2.25 bits per heavy atom. The lowest BCUT2D eigenvalue weighted by molar-refractivity contribution is 0.964. The first kappa shape index (κ1) is 13.3. The number of anilines is 1. The number of aryl methyl sites for hydroxylation is 1. The van der Waals surface area contributed by atoms with Crippen LogP contribution in [0.3, 0.4) is 0 Å². The van der Waals surface area contributed by atoms with Crippen molar-refractivity contribution in [2.24, 2.45) is 0 Å². The molecule has 0 spiro atoms. The van der Waals surface area contributed by atoms with Gasteiger partial charge in [0.2, 0.25) is 5.16 Å². The zero-order valence-electron chi connectivity index (χ0n) is 11.2. The topological polar surface area (TPSA) is 79.4 Å². The van der Waals surface area contributed by atoms with Crippen molar-refractivity contribution in [2.45, 2.75) is 24.8 Å². The van der Waals surface area contributed by atoms with Crippen LogP contribution in [0.25, 0.3) is 10.2 Å². The summed E-state index contributed by atoms with van der Waals surface area (Å²) >= 11 is 3.16. The van der Waals surface area contributed by atoms with Gasteiger partial charge in [-0.3, -0.25) is 5.10 Å². The van der Waals surface area contributed by atoms with Gasteiger partial charge >= 0.3 is 0 Å². The molecule has 0 fully saturated rings. The first-order chi connectivity index (χ1) is 9.76. The van der Waals surface area contributed by atoms with Crippen molar-refractivity contribution in [3.05, 3.63) is 23.1 Å². The van der Waals surface area contributed by atoms with Crippen LogP contribution in [-0.4, -0.2) is 31.7 Å². The number of hydrogen-bond acceptors (Lipinski definition) is 7. The molecule has 0 bridgehead atoms. The van der Waals surface area contributed by atoms with Crippen LogP contribution in [0.2, 0.25) is 0 Å². The molecule has 0 aliphatic rings. The van der Waals surface area contributed by atoms with Gasteiger partial charge in [-0.25, -0.2) is 15.0 Å². The number of thiophene rings is 1. The maximum Gasteiger partial charge on any atom is 0.208 e. The van der Waals surface area contributed by atoms with Gasteiger partial charge in [0.25, 0.3) is 0 Å². The van der Waals surface area contributed by atoms with Crippen molar-refractivity contribution < 1.29 is 0 Å². The number of aromatic amines is 1. The lowest BCUT2D eigenvalue weighted by atomic mass is 10.3. The van der Waals surface area contributed by atoms with Gasteiger partial charge < -0.3 is 5.32 Å². The van der Waals surface area contributed by atoms with Crippen molar-refractivity contribution in [3.8, 4) is 0 Å². The molecule has 20 heavy (non-hydrogen) atoms. The van der Waals surface area contributed by atoms with Gasteiger partial charge in [-0.15, -0.1) is 16.4 Å². The monoisotopic (exact) mass is 306 g/mol. The smallest absolute Gasteiger partial charge is 0.208 e. The van der Waals surface area contributed by atoms with E-state index in [0.29, 0.717) is 5.75 Å². The number of rotatable bonds is 5. The highest BCUT2D eigenvalue weighted by atomic mass is 32.2. The van der Waals surface area contributed by atoms with Crippen LogP contribution in [0.4, 0.5) is 5.82 Å². The summed E-state index contributed by atoms with van der Waals surface area (Å²) in [5.74, 6) is 3.17. The molecule has 3 aromatic rings. The molecular weight excluding hydrogens is 292 g/mol. The van der Waals surface area contributed by atoms with Gasteiger partial charge in [-0.05, 0) is 25.3 Å². The van der Waals surface area contributed by atoms with E-state index in [9.17, 15) is 0 Å². The maximum absolute atomic E-state index is 4.58. The van der Waals surface area contributed by atoms with Crippen LogP contribution in [0.15, 0.2) is 16.6 Å². The largest absolute Gasteiger partial charge is 0.370 e. The summed E-state index contributed by atoms with van der Waals surface area (Å²) in [6, 6.07) is 2.05. The summed E-state index contributed by atoms with van der Waals surface area (Å²) in [6.07, 6.45) is 0. The molecule has 0 aromatic carbocycles. The van der Waals surface area contributed by atoms with Crippen molar-refractivity contribution in [1.82, 2.24) is 25.1 Å². The van der Waals surface area contributed by atoms with Gasteiger partial charge in [0, 0.05) is 6.54 Å². The Labute approximate surface area is 124 Å². The molecule has 0 unspecified atom stereocenters. The number of hydrogen-bond donors (Lipinski definition) is 2. The maximum atomic E-state index is 4.58. The molecule has 0 aliphatic heterocycles. The Morgan fingerprint density at radius 3 is 3.00 bits per heavy atom. The van der Waals surface area contributed by atoms with Gasteiger partial charge in [0.1, 0.15) is 22.3 Å². The van der Waals surface area contributed by atoms with Gasteiger partial charge in [0.15, 0.2) is 0 Å². The van der Waals surface area contributed by atoms with Gasteiger partial charge in [0.05, 0.1) is 11.1 Å². The number of nitrogens with one attached hydrogen (secondary N) is 2. The molecule has 0 radical (unpaired) electrons. The summed E-state index contributed by atoms with van der Waals surface area (Å²) in [4.78, 5) is 14.4. The van der Waals surface area contributed by atoms with Crippen LogP contribution in [0, 0.1) is 6.92 Å². The molecule has 2 N–H and O–H groups in total. The highest BCUT2D eigenvalue weighted by Crippen LogP contribution is 2.26. The fourth-order valence-electron chi connectivity index (χ4n) is 1.78. The van der Waals surface area contributed by atoms with E-state index in [4.69, 9.17) is 0 Å². The molecule has 0 aliphatic carbocycles. The zero-order chi connectivity index (χ0) is 13.9. The standard InChI is InChI=1S/C12H14N6S2/c1-3-13-10-8-4-5-19-11(8)16-9(15-10)6-20-12-14-7(2)17-18-12/h4-5H,3,6H2,1-2H3,(H,13,15,16)(H,14,17,18). The molecule has 6 nitrogen and oxygen atoms in total. The molecule has 0 saturated carbocycles. The summed E-state index contributed by atoms with van der Waals surface area (Å²) in [5.41, 5.74) is 0. The van der Waals surface area contributed by atoms with Crippen molar-refractivity contribution in [1.29, 1.82) is 0 Å². The fraction of sp³-hybridized carbons (Fsp3) is 0.333. The molecule has 8 heteroatoms. The summed E-state index contributed by atoms with van der Waals surface area (Å²) in [7, 11) is 0. The third-order valence-electron chi connectivity index (χ3n) is 2.62. The average molecular weight is 306 g/mol. The normalized spacial score (nSPS) is 11.1. The zero-order valence-corrected chi connectivity index (χ0v) is 12.8. The van der Waals surface area contributed by atoms with E-state index in [2.05, 4.69) is 37.4 Å². The first-order valence-corrected chi connectivity index (χ1v) is 8.12. The Balaban J connectivity index is 1.83. The van der Waals surface area contributed by atoms with Crippen LogP contribution < -0.4 is 5.32 Å². The number of fused-ring (bicyclic) bond motifs is 1. The van der Waals surface area contributed by atoms with E-state index in [0.717, 1.165) is 39.4 Å². The third kappa shape index (κ3) is 2.75. The molecule has 0 amide bonds. The minimum atomic E-state index is 0.656. The summed E-state index contributed by atoms with van der Waals surface area (Å²) < 4.78 is 0. The number of aromatic nitrogens is 5. The lowest BCUT2D eigenvalue weighted by Crippen LogP contribution is -2.03. The summed E-state index contributed by atoms with van der Waals surface area (Å²) in [5, 5.41) is 14.1. The van der Waals surface area contributed by atoms with E-state index in [1.54, 1.807) is 11.3 Å². The van der Waals surface area contributed by atoms with Crippen molar-refractivity contribution in [2.75, 3.05) is 11.9 Å². The van der Waals surface area contributed by atoms with E-state index in [1.807, 2.05) is 18.4 Å². The number of thioether (sulfide) groups is 1. The van der Waals surface area contributed by atoms with E-state index in [1.165, 1.54) is 11.8 Å². The molecule has 3 aromatic heterocycles. The number of nitrogens with zero attached hydrogens (tertiary/aromatic N) is 4. The minimum Gasteiger partial charge on any atom is -0.370 e. The van der Waals surface area contributed by atoms with E-state index >= 15 is 0 Å². The number of H-pyrrole nitrogens is 1. The third-order valence-corrected chi connectivity index (χ3v) is 4.27. The fourth-order valence-corrected chi connectivity index (χ4v) is 3.26. The van der Waals surface area contributed by atoms with Crippen molar-refractivity contribution >= 4 is 39.1 Å². The van der Waals surface area contributed by atoms with Gasteiger partial charge in [-0.2, -0.15) is 0 Å². The second kappa shape index (κ2) is 5.76. The quantitative estimate of drug-likeness (QED) is 0.706. The summed E-state index contributed by atoms with van der Waals surface area (Å²) in [6.45, 7) is 4.79. The molecule has 104 valence electrons. The minimum absolute atomic E-state index is 0.656. The lowest BCUT2D eigenvalue weighted by Gasteiger charge is -2.06. The second-order valence-electron chi connectivity index (χ2n) is 4.15. The molecule has 0 atom stereocenters. The molecule has 3 rings (SSSR count). The van der Waals surface area contributed by atoms with Crippen LogP contribution in [-0.2, 0) is 5.75 Å². The predicted molar refractivity (Wildman–Crippen MR) is 82.3 cm³/mol. The van der Waals surface area contributed by atoms with Crippen LogP contribution in [0.5, 0.6) is 0 Å². The molecule has 0 saturated heterocycles. The van der Waals surface area contributed by atoms with Gasteiger partial charge in [-0.1, -0.05) is 11.8 Å². The van der Waals surface area contributed by atoms with Crippen LogP contribution in [0.1, 0.15) is 18.6 Å². The Hall–Kier alpha value is -1.67. The van der Waals surface area contributed by atoms with Crippen LogP contribution >= 0.6 is 23.1 Å².